The Hall–Kier alpha value is -1.86. The second kappa shape index (κ2) is 6.53. The van der Waals surface area contributed by atoms with E-state index in [1.807, 2.05) is 0 Å². The predicted octanol–water partition coefficient (Wildman–Crippen LogP) is 0.577. The average Bonchev–Trinajstić information content (AvgIpc) is 2.84. The maximum Gasteiger partial charge on any atom is 0.329 e. The summed E-state index contributed by atoms with van der Waals surface area (Å²) in [6.45, 7) is 2.10. The lowest BCUT2D eigenvalue weighted by atomic mass is 10.1. The largest absolute Gasteiger partial charge is 0.480 e. The summed E-state index contributed by atoms with van der Waals surface area (Å²) in [6.07, 6.45) is 1.62. The zero-order valence-electron chi connectivity index (χ0n) is 11.1. The van der Waals surface area contributed by atoms with Gasteiger partial charge in [-0.1, -0.05) is 0 Å². The zero-order valence-corrected chi connectivity index (χ0v) is 11.1. The molecule has 7 heteroatoms. The highest BCUT2D eigenvalue weighted by Gasteiger charge is 2.29. The summed E-state index contributed by atoms with van der Waals surface area (Å²) in [6, 6.07) is 1.21. The van der Waals surface area contributed by atoms with Crippen LogP contribution in [0, 0.1) is 6.92 Å². The van der Waals surface area contributed by atoms with Crippen LogP contribution in [0.4, 0.5) is 0 Å². The number of carboxylic acids is 1. The molecule has 1 amide bonds. The van der Waals surface area contributed by atoms with Crippen molar-refractivity contribution in [2.75, 3.05) is 19.8 Å². The number of aliphatic carboxylic acids is 1. The van der Waals surface area contributed by atoms with Gasteiger partial charge in [-0.25, -0.2) is 4.79 Å². The molecule has 0 saturated carbocycles. The summed E-state index contributed by atoms with van der Waals surface area (Å²) < 4.78 is 15.7. The van der Waals surface area contributed by atoms with Crippen molar-refractivity contribution < 1.29 is 28.6 Å². The molecule has 2 N–H and O–H groups in total. The summed E-state index contributed by atoms with van der Waals surface area (Å²) in [5.41, 5.74) is 0.451. The monoisotopic (exact) mass is 283 g/mol. The molecule has 1 aromatic heterocycles. The Balaban J connectivity index is 1.96. The van der Waals surface area contributed by atoms with Gasteiger partial charge in [0.25, 0.3) is 5.91 Å². The minimum atomic E-state index is -1.03. The van der Waals surface area contributed by atoms with Crippen molar-refractivity contribution in [1.82, 2.24) is 5.32 Å². The Morgan fingerprint density at radius 2 is 2.35 bits per heavy atom. The van der Waals surface area contributed by atoms with E-state index in [0.29, 0.717) is 31.0 Å². The van der Waals surface area contributed by atoms with Crippen LogP contribution in [0.5, 0.6) is 0 Å². The molecule has 1 aromatic rings. The number of carboxylic acid groups (broad SMARTS) is 1. The Kier molecular flexibility index (Phi) is 4.75. The number of carbonyl (C=O) groups is 2. The number of aryl methyl sites for hydroxylation is 1. The third-order valence-electron chi connectivity index (χ3n) is 3.13. The molecule has 0 spiro atoms. The molecule has 0 aromatic carbocycles. The molecule has 1 aliphatic heterocycles. The van der Waals surface area contributed by atoms with Crippen LogP contribution in [0.15, 0.2) is 16.7 Å². The highest BCUT2D eigenvalue weighted by Crippen LogP contribution is 2.14. The van der Waals surface area contributed by atoms with Gasteiger partial charge >= 0.3 is 5.97 Å². The van der Waals surface area contributed by atoms with Gasteiger partial charge in [-0.3, -0.25) is 4.79 Å². The molecule has 20 heavy (non-hydrogen) atoms. The number of amides is 1. The second-order valence-electron chi connectivity index (χ2n) is 4.58. The van der Waals surface area contributed by atoms with Gasteiger partial charge in [-0.05, 0) is 19.4 Å². The minimum absolute atomic E-state index is 0.282. The summed E-state index contributed by atoms with van der Waals surface area (Å²) in [4.78, 5) is 22.6. The van der Waals surface area contributed by atoms with E-state index in [-0.39, 0.29) is 24.7 Å². The highest BCUT2D eigenvalue weighted by atomic mass is 16.5. The first-order valence-corrected chi connectivity index (χ1v) is 6.34. The first-order valence-electron chi connectivity index (χ1n) is 6.34. The summed E-state index contributed by atoms with van der Waals surface area (Å²) in [5, 5.41) is 11.4. The topological polar surface area (TPSA) is 98.0 Å². The maximum atomic E-state index is 12.1. The third-order valence-corrected chi connectivity index (χ3v) is 3.13. The Morgan fingerprint density at radius 1 is 1.55 bits per heavy atom. The van der Waals surface area contributed by atoms with Gasteiger partial charge in [0.05, 0.1) is 30.6 Å². The van der Waals surface area contributed by atoms with Crippen LogP contribution in [0.2, 0.25) is 0 Å². The quantitative estimate of drug-likeness (QED) is 0.820. The van der Waals surface area contributed by atoms with Gasteiger partial charge in [0.15, 0.2) is 0 Å². The molecule has 1 fully saturated rings. The number of nitrogens with one attached hydrogen (secondary N) is 1. The molecular weight excluding hydrogens is 266 g/mol. The van der Waals surface area contributed by atoms with Crippen LogP contribution in [0.1, 0.15) is 22.5 Å². The number of carbonyl (C=O) groups excluding carboxylic acids is 1. The molecule has 1 aliphatic rings. The minimum Gasteiger partial charge on any atom is -0.480 e. The standard InChI is InChI=1S/C13H17NO6/c1-8-9(2-5-19-8)13(17)14-10-6-18-4-3-11(10)20-7-12(15)16/h2,5,10-11H,3-4,6-7H2,1H3,(H,14,17)(H,15,16)/t10-,11+/m1/s1. The van der Waals surface area contributed by atoms with Crippen molar-refractivity contribution in [1.29, 1.82) is 0 Å². The Bertz CT molecular complexity index is 483. The lowest BCUT2D eigenvalue weighted by Gasteiger charge is -2.31. The number of hydrogen-bond donors (Lipinski definition) is 2. The molecule has 7 nitrogen and oxygen atoms in total. The maximum absolute atomic E-state index is 12.1. The Morgan fingerprint density at radius 3 is 3.00 bits per heavy atom. The summed E-state index contributed by atoms with van der Waals surface area (Å²) in [5.74, 6) is -0.787. The van der Waals surface area contributed by atoms with Crippen molar-refractivity contribution in [3.8, 4) is 0 Å². The fraction of sp³-hybridized carbons (Fsp3) is 0.538. The van der Waals surface area contributed by atoms with Crippen LogP contribution < -0.4 is 5.32 Å². The predicted molar refractivity (Wildman–Crippen MR) is 67.5 cm³/mol. The smallest absolute Gasteiger partial charge is 0.329 e. The highest BCUT2D eigenvalue weighted by molar-refractivity contribution is 5.95. The van der Waals surface area contributed by atoms with E-state index in [1.54, 1.807) is 13.0 Å². The van der Waals surface area contributed by atoms with E-state index in [0.717, 1.165) is 0 Å². The van der Waals surface area contributed by atoms with Crippen molar-refractivity contribution in [2.24, 2.45) is 0 Å². The van der Waals surface area contributed by atoms with Crippen LogP contribution in [-0.2, 0) is 14.3 Å². The molecule has 0 unspecified atom stereocenters. The second-order valence-corrected chi connectivity index (χ2v) is 4.58. The lowest BCUT2D eigenvalue weighted by Crippen LogP contribution is -2.51. The number of rotatable bonds is 5. The van der Waals surface area contributed by atoms with Crippen molar-refractivity contribution >= 4 is 11.9 Å². The van der Waals surface area contributed by atoms with Crippen LogP contribution in [0.25, 0.3) is 0 Å². The lowest BCUT2D eigenvalue weighted by molar-refractivity contribution is -0.147. The van der Waals surface area contributed by atoms with Gasteiger partial charge in [0.1, 0.15) is 12.4 Å². The van der Waals surface area contributed by atoms with E-state index < -0.39 is 5.97 Å². The normalized spacial score (nSPS) is 22.4. The van der Waals surface area contributed by atoms with Crippen molar-refractivity contribution in [3.63, 3.8) is 0 Å². The third kappa shape index (κ3) is 3.58. The van der Waals surface area contributed by atoms with Crippen LogP contribution >= 0.6 is 0 Å². The molecule has 0 bridgehead atoms. The molecule has 110 valence electrons. The molecule has 1 saturated heterocycles. The van der Waals surface area contributed by atoms with E-state index in [9.17, 15) is 9.59 Å². The molecule has 2 atom stereocenters. The first-order chi connectivity index (χ1) is 9.58. The Labute approximate surface area is 115 Å². The number of hydrogen-bond acceptors (Lipinski definition) is 5. The van der Waals surface area contributed by atoms with Crippen LogP contribution in [0.3, 0.4) is 0 Å². The van der Waals surface area contributed by atoms with E-state index in [1.165, 1.54) is 6.26 Å². The molecular formula is C13H17NO6. The summed E-state index contributed by atoms with van der Waals surface area (Å²) in [7, 11) is 0. The number of furan rings is 1. The SMILES string of the molecule is Cc1occc1C(=O)N[C@@H]1COCC[C@@H]1OCC(=O)O. The van der Waals surface area contributed by atoms with Crippen molar-refractivity contribution in [2.45, 2.75) is 25.5 Å². The van der Waals surface area contributed by atoms with Gasteiger partial charge in [0, 0.05) is 6.61 Å². The average molecular weight is 283 g/mol. The van der Waals surface area contributed by atoms with E-state index in [4.69, 9.17) is 19.0 Å². The van der Waals surface area contributed by atoms with Crippen molar-refractivity contribution in [3.05, 3.63) is 23.7 Å². The molecule has 0 radical (unpaired) electrons. The molecule has 2 heterocycles. The van der Waals surface area contributed by atoms with Gasteiger partial charge in [-0.2, -0.15) is 0 Å². The van der Waals surface area contributed by atoms with Gasteiger partial charge < -0.3 is 24.3 Å². The first kappa shape index (κ1) is 14.5. The number of ether oxygens (including phenoxy) is 2. The zero-order chi connectivity index (χ0) is 14.5. The molecule has 2 rings (SSSR count). The van der Waals surface area contributed by atoms with Crippen LogP contribution in [-0.4, -0.2) is 48.9 Å². The fourth-order valence-corrected chi connectivity index (χ4v) is 2.10. The van der Waals surface area contributed by atoms with E-state index in [2.05, 4.69) is 5.32 Å². The van der Waals surface area contributed by atoms with Gasteiger partial charge in [0.2, 0.25) is 0 Å². The molecule has 0 aliphatic carbocycles. The fourth-order valence-electron chi connectivity index (χ4n) is 2.10. The van der Waals surface area contributed by atoms with E-state index >= 15 is 0 Å². The summed E-state index contributed by atoms with van der Waals surface area (Å²) >= 11 is 0. The van der Waals surface area contributed by atoms with Gasteiger partial charge in [-0.15, -0.1) is 0 Å².